The Morgan fingerprint density at radius 1 is 0.778 bits per heavy atom. The Bertz CT molecular complexity index is 1020. The van der Waals surface area contributed by atoms with Crippen molar-refractivity contribution in [1.29, 1.82) is 0 Å². The summed E-state index contributed by atoms with van der Waals surface area (Å²) >= 11 is 6.30. The molecule has 0 bridgehead atoms. The minimum atomic E-state index is -1.61. The van der Waals surface area contributed by atoms with E-state index in [0.29, 0.717) is 21.7 Å². The fraction of sp³-hybridized carbons (Fsp3) is 0.0833. The maximum absolute atomic E-state index is 11.3. The van der Waals surface area contributed by atoms with Gasteiger partial charge in [0.25, 0.3) is 0 Å². The Hall–Kier alpha value is -3.01. The molecule has 0 saturated heterocycles. The summed E-state index contributed by atoms with van der Waals surface area (Å²) in [6.07, 6.45) is -0.939. The molecule has 0 aromatic heterocycles. The van der Waals surface area contributed by atoms with E-state index in [9.17, 15) is 10.2 Å². The van der Waals surface area contributed by atoms with Crippen LogP contribution < -0.4 is 0 Å². The molecular formula is C24H17ClO2. The van der Waals surface area contributed by atoms with Crippen molar-refractivity contribution in [1.82, 2.24) is 0 Å². The zero-order valence-electron chi connectivity index (χ0n) is 14.4. The van der Waals surface area contributed by atoms with Gasteiger partial charge in [-0.05, 0) is 29.4 Å². The SMILES string of the molecule is OC(C#CC#CC(O)(c1ccccc1)c1ccccc1Cl)c1ccccc1. The summed E-state index contributed by atoms with van der Waals surface area (Å²) in [5, 5.41) is 21.8. The molecule has 0 amide bonds. The molecule has 0 aliphatic rings. The first-order chi connectivity index (χ1) is 13.1. The third-order valence-electron chi connectivity index (χ3n) is 4.09. The Balaban J connectivity index is 1.97. The molecule has 0 fully saturated rings. The summed E-state index contributed by atoms with van der Waals surface area (Å²) in [5.74, 6) is 10.8. The van der Waals surface area contributed by atoms with Gasteiger partial charge in [0.2, 0.25) is 0 Å². The van der Waals surface area contributed by atoms with Crippen LogP contribution in [0.1, 0.15) is 22.8 Å². The fourth-order valence-electron chi connectivity index (χ4n) is 2.67. The molecule has 0 radical (unpaired) electrons. The summed E-state index contributed by atoms with van der Waals surface area (Å²) < 4.78 is 0. The van der Waals surface area contributed by atoms with E-state index in [4.69, 9.17) is 11.6 Å². The predicted molar refractivity (Wildman–Crippen MR) is 108 cm³/mol. The number of hydrogen-bond donors (Lipinski definition) is 2. The molecule has 0 spiro atoms. The second-order valence-electron chi connectivity index (χ2n) is 5.89. The molecule has 132 valence electrons. The van der Waals surface area contributed by atoms with E-state index in [2.05, 4.69) is 23.7 Å². The average molecular weight is 373 g/mol. The maximum atomic E-state index is 11.3. The van der Waals surface area contributed by atoms with Gasteiger partial charge >= 0.3 is 0 Å². The van der Waals surface area contributed by atoms with Crippen molar-refractivity contribution in [2.45, 2.75) is 11.7 Å². The van der Waals surface area contributed by atoms with Crippen molar-refractivity contribution in [2.75, 3.05) is 0 Å². The van der Waals surface area contributed by atoms with Gasteiger partial charge in [-0.3, -0.25) is 0 Å². The molecule has 2 unspecified atom stereocenters. The predicted octanol–water partition coefficient (Wildman–Crippen LogP) is 4.32. The van der Waals surface area contributed by atoms with Crippen molar-refractivity contribution < 1.29 is 10.2 Å². The Morgan fingerprint density at radius 2 is 1.37 bits per heavy atom. The highest BCUT2D eigenvalue weighted by molar-refractivity contribution is 6.31. The quantitative estimate of drug-likeness (QED) is 0.672. The Morgan fingerprint density at radius 3 is 2.04 bits per heavy atom. The first kappa shape index (κ1) is 18.8. The van der Waals surface area contributed by atoms with Crippen LogP contribution in [0, 0.1) is 23.7 Å². The topological polar surface area (TPSA) is 40.5 Å². The molecule has 0 heterocycles. The van der Waals surface area contributed by atoms with Crippen molar-refractivity contribution in [3.63, 3.8) is 0 Å². The van der Waals surface area contributed by atoms with Gasteiger partial charge in [0.15, 0.2) is 5.60 Å². The standard InChI is InChI=1S/C24H17ClO2/c25-22-16-8-7-15-21(22)24(27,20-13-5-2-6-14-20)18-10-9-17-23(26)19-11-3-1-4-12-19/h1-8,11-16,23,26-27H. The number of rotatable bonds is 3. The van der Waals surface area contributed by atoms with E-state index >= 15 is 0 Å². The Kier molecular flexibility index (Phi) is 5.97. The van der Waals surface area contributed by atoms with E-state index in [1.807, 2.05) is 36.4 Å². The van der Waals surface area contributed by atoms with Gasteiger partial charge in [0.05, 0.1) is 0 Å². The lowest BCUT2D eigenvalue weighted by molar-refractivity contribution is 0.145. The molecule has 27 heavy (non-hydrogen) atoms. The fourth-order valence-corrected chi connectivity index (χ4v) is 2.95. The summed E-state index contributed by atoms with van der Waals surface area (Å²) in [6, 6.07) is 25.2. The van der Waals surface area contributed by atoms with E-state index in [0.717, 1.165) is 0 Å². The smallest absolute Gasteiger partial charge is 0.179 e. The van der Waals surface area contributed by atoms with Crippen LogP contribution in [-0.2, 0) is 5.60 Å². The molecule has 2 N–H and O–H groups in total. The minimum Gasteiger partial charge on any atom is -0.376 e. The molecule has 3 aromatic rings. The highest BCUT2D eigenvalue weighted by Gasteiger charge is 2.31. The van der Waals surface area contributed by atoms with Crippen LogP contribution in [0.2, 0.25) is 5.02 Å². The van der Waals surface area contributed by atoms with Crippen molar-refractivity contribution in [3.05, 3.63) is 107 Å². The molecule has 3 aromatic carbocycles. The van der Waals surface area contributed by atoms with E-state index in [1.54, 1.807) is 48.5 Å². The normalized spacial score (nSPS) is 13.3. The second kappa shape index (κ2) is 8.58. The molecule has 0 saturated carbocycles. The van der Waals surface area contributed by atoms with Crippen LogP contribution in [-0.4, -0.2) is 10.2 Å². The average Bonchev–Trinajstić information content (AvgIpc) is 2.72. The number of aliphatic hydroxyl groups excluding tert-OH is 1. The van der Waals surface area contributed by atoms with Crippen molar-refractivity contribution in [2.24, 2.45) is 0 Å². The summed E-state index contributed by atoms with van der Waals surface area (Å²) in [5.41, 5.74) is 0.161. The molecule has 3 rings (SSSR count). The van der Waals surface area contributed by atoms with Crippen molar-refractivity contribution >= 4 is 11.6 Å². The molecular weight excluding hydrogens is 356 g/mol. The molecule has 2 nitrogen and oxygen atoms in total. The van der Waals surface area contributed by atoms with Gasteiger partial charge in [-0.2, -0.15) is 0 Å². The van der Waals surface area contributed by atoms with Gasteiger partial charge in [-0.15, -0.1) is 0 Å². The summed E-state index contributed by atoms with van der Waals surface area (Å²) in [7, 11) is 0. The van der Waals surface area contributed by atoms with E-state index in [-0.39, 0.29) is 0 Å². The van der Waals surface area contributed by atoms with Crippen molar-refractivity contribution in [3.8, 4) is 23.7 Å². The monoisotopic (exact) mass is 372 g/mol. The largest absolute Gasteiger partial charge is 0.376 e. The number of benzene rings is 3. The lowest BCUT2D eigenvalue weighted by Gasteiger charge is -2.24. The lowest BCUT2D eigenvalue weighted by atomic mass is 9.87. The maximum Gasteiger partial charge on any atom is 0.179 e. The van der Waals surface area contributed by atoms with Gasteiger partial charge in [0.1, 0.15) is 6.10 Å². The van der Waals surface area contributed by atoms with Gasteiger partial charge in [-0.1, -0.05) is 96.4 Å². The molecule has 3 heteroatoms. The van der Waals surface area contributed by atoms with E-state index < -0.39 is 11.7 Å². The van der Waals surface area contributed by atoms with Crippen LogP contribution >= 0.6 is 11.6 Å². The second-order valence-corrected chi connectivity index (χ2v) is 6.30. The van der Waals surface area contributed by atoms with Crippen LogP contribution in [0.4, 0.5) is 0 Å². The van der Waals surface area contributed by atoms with Gasteiger partial charge in [-0.25, -0.2) is 0 Å². The molecule has 0 aliphatic heterocycles. The van der Waals surface area contributed by atoms with Gasteiger partial charge < -0.3 is 10.2 Å². The first-order valence-electron chi connectivity index (χ1n) is 8.40. The zero-order chi connectivity index (χ0) is 19.1. The van der Waals surface area contributed by atoms with Crippen LogP contribution in [0.5, 0.6) is 0 Å². The third-order valence-corrected chi connectivity index (χ3v) is 4.41. The number of halogens is 1. The highest BCUT2D eigenvalue weighted by Crippen LogP contribution is 2.33. The number of hydrogen-bond acceptors (Lipinski definition) is 2. The summed E-state index contributed by atoms with van der Waals surface area (Å²) in [4.78, 5) is 0. The minimum absolute atomic E-state index is 0.412. The zero-order valence-corrected chi connectivity index (χ0v) is 15.2. The van der Waals surface area contributed by atoms with Crippen LogP contribution in [0.3, 0.4) is 0 Å². The highest BCUT2D eigenvalue weighted by atomic mass is 35.5. The molecule has 2 atom stereocenters. The summed E-state index contributed by atoms with van der Waals surface area (Å²) in [6.45, 7) is 0. The van der Waals surface area contributed by atoms with Gasteiger partial charge in [0, 0.05) is 16.1 Å². The van der Waals surface area contributed by atoms with E-state index in [1.165, 1.54) is 0 Å². The molecule has 0 aliphatic carbocycles. The van der Waals surface area contributed by atoms with Crippen LogP contribution in [0.15, 0.2) is 84.9 Å². The third kappa shape index (κ3) is 4.40. The Labute approximate surface area is 164 Å². The first-order valence-corrected chi connectivity index (χ1v) is 8.77. The van der Waals surface area contributed by atoms with Crippen LogP contribution in [0.25, 0.3) is 0 Å². The number of aliphatic hydroxyl groups is 2. The lowest BCUT2D eigenvalue weighted by Crippen LogP contribution is -2.25.